The van der Waals surface area contributed by atoms with Crippen molar-refractivity contribution in [3.63, 3.8) is 0 Å². The van der Waals surface area contributed by atoms with Crippen LogP contribution in [0.2, 0.25) is 0 Å². The van der Waals surface area contributed by atoms with Gasteiger partial charge in [0.05, 0.1) is 12.2 Å². The number of hydrogen-bond acceptors (Lipinski definition) is 2. The molecule has 0 heterocycles. The summed E-state index contributed by atoms with van der Waals surface area (Å²) in [6, 6.07) is 4.90. The molecular weight excluding hydrogens is 219 g/mol. The molecule has 0 saturated heterocycles. The van der Waals surface area contributed by atoms with Crippen molar-refractivity contribution in [1.29, 1.82) is 0 Å². The molecule has 0 aromatic heterocycles. The van der Waals surface area contributed by atoms with E-state index >= 15 is 0 Å². The molecule has 1 rings (SSSR count). The van der Waals surface area contributed by atoms with E-state index in [1.165, 1.54) is 18.2 Å². The van der Waals surface area contributed by atoms with Gasteiger partial charge in [-0.15, -0.1) is 0 Å². The minimum Gasteiger partial charge on any atom is -0.394 e. The minimum atomic E-state index is -4.38. The lowest BCUT2D eigenvalue weighted by Gasteiger charge is -2.19. The molecule has 0 radical (unpaired) electrons. The number of hydrogen-bond donors (Lipinski definition) is 2. The Morgan fingerprint density at radius 3 is 2.44 bits per heavy atom. The van der Waals surface area contributed by atoms with Crippen LogP contribution in [0.25, 0.3) is 0 Å². The third kappa shape index (κ3) is 3.13. The average molecular weight is 233 g/mol. The van der Waals surface area contributed by atoms with Crippen LogP contribution < -0.4 is 5.32 Å². The van der Waals surface area contributed by atoms with Gasteiger partial charge in [0.1, 0.15) is 0 Å². The fourth-order valence-corrected chi connectivity index (χ4v) is 1.35. The summed E-state index contributed by atoms with van der Waals surface area (Å²) in [4.78, 5) is 0. The predicted molar refractivity (Wildman–Crippen MR) is 56.2 cm³/mol. The third-order valence-electron chi connectivity index (χ3n) is 2.31. The van der Waals surface area contributed by atoms with Crippen LogP contribution in [0, 0.1) is 0 Å². The van der Waals surface area contributed by atoms with Gasteiger partial charge in [0, 0.05) is 11.7 Å². The smallest absolute Gasteiger partial charge is 0.394 e. The highest BCUT2D eigenvalue weighted by Crippen LogP contribution is 2.34. The van der Waals surface area contributed by atoms with E-state index in [1.807, 2.05) is 0 Å². The molecule has 90 valence electrons. The standard InChI is InChI=1S/C11H14F3NO/c1-2-8(7-16)15-10-6-4-3-5-9(10)11(12,13)14/h3-6,8,15-16H,2,7H2,1H3. The Balaban J connectivity index is 2.95. The van der Waals surface area contributed by atoms with E-state index in [9.17, 15) is 13.2 Å². The fraction of sp³-hybridized carbons (Fsp3) is 0.455. The maximum atomic E-state index is 12.6. The molecule has 5 heteroatoms. The lowest BCUT2D eigenvalue weighted by atomic mass is 10.1. The largest absolute Gasteiger partial charge is 0.418 e. The van der Waals surface area contributed by atoms with E-state index in [1.54, 1.807) is 6.92 Å². The highest BCUT2D eigenvalue weighted by molar-refractivity contribution is 5.53. The molecule has 0 fully saturated rings. The van der Waals surface area contributed by atoms with Crippen LogP contribution in [-0.4, -0.2) is 17.8 Å². The van der Waals surface area contributed by atoms with Crippen LogP contribution in [0.4, 0.5) is 18.9 Å². The zero-order valence-electron chi connectivity index (χ0n) is 8.88. The first-order valence-electron chi connectivity index (χ1n) is 5.02. The summed E-state index contributed by atoms with van der Waals surface area (Å²) < 4.78 is 37.8. The zero-order chi connectivity index (χ0) is 12.2. The molecule has 0 aliphatic heterocycles. The lowest BCUT2D eigenvalue weighted by Crippen LogP contribution is -2.24. The van der Waals surface area contributed by atoms with Crippen LogP contribution in [0.3, 0.4) is 0 Å². The van der Waals surface area contributed by atoms with Crippen molar-refractivity contribution in [2.24, 2.45) is 0 Å². The van der Waals surface area contributed by atoms with Crippen LogP contribution in [-0.2, 0) is 6.18 Å². The van der Waals surface area contributed by atoms with Gasteiger partial charge in [-0.25, -0.2) is 0 Å². The summed E-state index contributed by atoms with van der Waals surface area (Å²) in [6.45, 7) is 1.60. The topological polar surface area (TPSA) is 32.3 Å². The summed E-state index contributed by atoms with van der Waals surface area (Å²) in [5.74, 6) is 0. The van der Waals surface area contributed by atoms with Crippen LogP contribution in [0.15, 0.2) is 24.3 Å². The number of anilines is 1. The van der Waals surface area contributed by atoms with Crippen molar-refractivity contribution in [2.75, 3.05) is 11.9 Å². The third-order valence-corrected chi connectivity index (χ3v) is 2.31. The maximum Gasteiger partial charge on any atom is 0.418 e. The average Bonchev–Trinajstić information content (AvgIpc) is 2.25. The molecule has 0 saturated carbocycles. The van der Waals surface area contributed by atoms with Crippen LogP contribution in [0.1, 0.15) is 18.9 Å². The zero-order valence-corrected chi connectivity index (χ0v) is 8.88. The first-order chi connectivity index (χ1) is 7.49. The fourth-order valence-electron chi connectivity index (χ4n) is 1.35. The number of para-hydroxylation sites is 1. The molecule has 2 nitrogen and oxygen atoms in total. The monoisotopic (exact) mass is 233 g/mol. The molecule has 0 spiro atoms. The Morgan fingerprint density at radius 1 is 1.31 bits per heavy atom. The van der Waals surface area contributed by atoms with Gasteiger partial charge in [-0.2, -0.15) is 13.2 Å². The number of benzene rings is 1. The molecular formula is C11H14F3NO. The van der Waals surface area contributed by atoms with Crippen molar-refractivity contribution in [1.82, 2.24) is 0 Å². The van der Waals surface area contributed by atoms with Crippen molar-refractivity contribution in [2.45, 2.75) is 25.6 Å². The van der Waals surface area contributed by atoms with Crippen molar-refractivity contribution in [3.05, 3.63) is 29.8 Å². The Kier molecular flexibility index (Phi) is 4.18. The SMILES string of the molecule is CCC(CO)Nc1ccccc1C(F)(F)F. The highest BCUT2D eigenvalue weighted by Gasteiger charge is 2.33. The molecule has 0 aliphatic carbocycles. The van der Waals surface area contributed by atoms with E-state index < -0.39 is 11.7 Å². The predicted octanol–water partition coefficient (Wildman–Crippen LogP) is 2.89. The number of rotatable bonds is 4. The molecule has 2 N–H and O–H groups in total. The molecule has 0 bridgehead atoms. The number of aliphatic hydroxyl groups excluding tert-OH is 1. The second-order valence-electron chi connectivity index (χ2n) is 3.48. The molecule has 0 amide bonds. The molecule has 1 atom stereocenters. The summed E-state index contributed by atoms with van der Waals surface area (Å²) in [5.41, 5.74) is -0.696. The molecule has 16 heavy (non-hydrogen) atoms. The van der Waals surface area contributed by atoms with Gasteiger partial charge in [0.15, 0.2) is 0 Å². The van der Waals surface area contributed by atoms with E-state index in [0.717, 1.165) is 6.07 Å². The van der Waals surface area contributed by atoms with Crippen molar-refractivity contribution < 1.29 is 18.3 Å². The summed E-state index contributed by atoms with van der Waals surface area (Å²) in [7, 11) is 0. The molecule has 1 unspecified atom stereocenters. The first kappa shape index (κ1) is 12.8. The molecule has 1 aromatic rings. The Bertz CT molecular complexity index is 334. The second-order valence-corrected chi connectivity index (χ2v) is 3.48. The van der Waals surface area contributed by atoms with E-state index in [0.29, 0.717) is 6.42 Å². The van der Waals surface area contributed by atoms with Crippen molar-refractivity contribution >= 4 is 5.69 Å². The Hall–Kier alpha value is -1.23. The van der Waals surface area contributed by atoms with Gasteiger partial charge >= 0.3 is 6.18 Å². The Morgan fingerprint density at radius 2 is 1.94 bits per heavy atom. The number of aliphatic hydroxyl groups is 1. The normalized spacial score (nSPS) is 13.6. The summed E-state index contributed by atoms with van der Waals surface area (Å²) >= 11 is 0. The highest BCUT2D eigenvalue weighted by atomic mass is 19.4. The van der Waals surface area contributed by atoms with E-state index in [4.69, 9.17) is 5.11 Å². The first-order valence-corrected chi connectivity index (χ1v) is 5.02. The van der Waals surface area contributed by atoms with Crippen molar-refractivity contribution in [3.8, 4) is 0 Å². The van der Waals surface area contributed by atoms with Gasteiger partial charge in [-0.05, 0) is 18.6 Å². The number of nitrogens with one attached hydrogen (secondary N) is 1. The second kappa shape index (κ2) is 5.21. The van der Waals surface area contributed by atoms with Gasteiger partial charge in [-0.1, -0.05) is 19.1 Å². The molecule has 1 aromatic carbocycles. The lowest BCUT2D eigenvalue weighted by molar-refractivity contribution is -0.137. The van der Waals surface area contributed by atoms with Gasteiger partial charge in [-0.3, -0.25) is 0 Å². The van der Waals surface area contributed by atoms with Crippen LogP contribution >= 0.6 is 0 Å². The maximum absolute atomic E-state index is 12.6. The number of halogens is 3. The summed E-state index contributed by atoms with van der Waals surface area (Å²) in [6.07, 6.45) is -3.82. The Labute approximate surface area is 92.1 Å². The van der Waals surface area contributed by atoms with Crippen LogP contribution in [0.5, 0.6) is 0 Å². The molecule has 0 aliphatic rings. The number of alkyl halides is 3. The van der Waals surface area contributed by atoms with E-state index in [-0.39, 0.29) is 18.3 Å². The van der Waals surface area contributed by atoms with Gasteiger partial charge in [0.2, 0.25) is 0 Å². The quantitative estimate of drug-likeness (QED) is 0.838. The summed E-state index contributed by atoms with van der Waals surface area (Å²) in [5, 5.41) is 11.6. The van der Waals surface area contributed by atoms with Gasteiger partial charge < -0.3 is 10.4 Å². The minimum absolute atomic E-state index is 0.0101. The van der Waals surface area contributed by atoms with E-state index in [2.05, 4.69) is 5.32 Å². The van der Waals surface area contributed by atoms with Gasteiger partial charge in [0.25, 0.3) is 0 Å².